The molecule has 0 bridgehead atoms. The Morgan fingerprint density at radius 1 is 1.35 bits per heavy atom. The molecule has 2 aromatic rings. The van der Waals surface area contributed by atoms with Crippen LogP contribution in [-0.2, 0) is 11.2 Å². The van der Waals surface area contributed by atoms with E-state index in [-0.39, 0.29) is 5.91 Å². The Balaban J connectivity index is 1.88. The van der Waals surface area contributed by atoms with Gasteiger partial charge in [0.2, 0.25) is 5.91 Å². The van der Waals surface area contributed by atoms with Crippen LogP contribution in [-0.4, -0.2) is 56.6 Å². The summed E-state index contributed by atoms with van der Waals surface area (Å²) in [6, 6.07) is 0. The third-order valence-corrected chi connectivity index (χ3v) is 3.79. The van der Waals surface area contributed by atoms with Crippen molar-refractivity contribution in [1.82, 2.24) is 29.8 Å². The van der Waals surface area contributed by atoms with Gasteiger partial charge in [-0.15, -0.1) is 0 Å². The number of hydrogen-bond acceptors (Lipinski definition) is 5. The average molecular weight is 274 g/mol. The number of nitrogens with one attached hydrogen (secondary N) is 1. The molecular weight excluding hydrogens is 256 g/mol. The molecule has 1 saturated heterocycles. The minimum atomic E-state index is 0.152. The number of amides is 1. The van der Waals surface area contributed by atoms with E-state index in [4.69, 9.17) is 0 Å². The molecule has 0 unspecified atom stereocenters. The van der Waals surface area contributed by atoms with Gasteiger partial charge in [0.15, 0.2) is 0 Å². The molecule has 0 radical (unpaired) electrons. The fourth-order valence-electron chi connectivity index (χ4n) is 2.59. The number of nitrogens with zero attached hydrogens (tertiary/aromatic N) is 5. The van der Waals surface area contributed by atoms with Gasteiger partial charge in [0.05, 0.1) is 6.42 Å². The molecule has 7 nitrogen and oxygen atoms in total. The molecule has 0 spiro atoms. The first kappa shape index (κ1) is 13.0. The number of carbonyl (C=O) groups excluding carboxylic acids is 1. The number of rotatable bonds is 2. The van der Waals surface area contributed by atoms with E-state index in [1.165, 1.54) is 6.33 Å². The van der Waals surface area contributed by atoms with Gasteiger partial charge in [-0.3, -0.25) is 4.79 Å². The fourth-order valence-corrected chi connectivity index (χ4v) is 2.59. The van der Waals surface area contributed by atoms with E-state index in [1.54, 1.807) is 4.52 Å². The fraction of sp³-hybridized carbons (Fsp3) is 0.538. The average Bonchev–Trinajstić information content (AvgIpc) is 2.92. The van der Waals surface area contributed by atoms with Crippen LogP contribution in [0.4, 0.5) is 0 Å². The molecule has 20 heavy (non-hydrogen) atoms. The molecule has 1 aliphatic rings. The topological polar surface area (TPSA) is 75.4 Å². The SMILES string of the molecule is Cc1nc2ncnn2c(C)c1CC(=O)N1CCNCC1. The summed E-state index contributed by atoms with van der Waals surface area (Å²) < 4.78 is 1.69. The van der Waals surface area contributed by atoms with Crippen molar-refractivity contribution in [2.75, 3.05) is 26.2 Å². The molecule has 7 heteroatoms. The minimum absolute atomic E-state index is 0.152. The van der Waals surface area contributed by atoms with E-state index >= 15 is 0 Å². The van der Waals surface area contributed by atoms with E-state index in [9.17, 15) is 4.79 Å². The zero-order valence-electron chi connectivity index (χ0n) is 11.8. The first-order valence-electron chi connectivity index (χ1n) is 6.81. The highest BCUT2D eigenvalue weighted by atomic mass is 16.2. The van der Waals surface area contributed by atoms with Crippen molar-refractivity contribution in [1.29, 1.82) is 0 Å². The normalized spacial score (nSPS) is 15.8. The predicted octanol–water partition coefficient (Wildman–Crippen LogP) is -0.285. The van der Waals surface area contributed by atoms with E-state index in [2.05, 4.69) is 20.4 Å². The van der Waals surface area contributed by atoms with Gasteiger partial charge in [-0.1, -0.05) is 0 Å². The summed E-state index contributed by atoms with van der Waals surface area (Å²) in [4.78, 5) is 22.8. The lowest BCUT2D eigenvalue weighted by atomic mass is 10.1. The van der Waals surface area contributed by atoms with Gasteiger partial charge in [0.25, 0.3) is 5.78 Å². The van der Waals surface area contributed by atoms with E-state index in [0.717, 1.165) is 43.1 Å². The molecule has 0 saturated carbocycles. The van der Waals surface area contributed by atoms with Crippen LogP contribution in [0.1, 0.15) is 17.0 Å². The second-order valence-corrected chi connectivity index (χ2v) is 5.04. The summed E-state index contributed by atoms with van der Waals surface area (Å²) in [5, 5.41) is 7.40. The third-order valence-electron chi connectivity index (χ3n) is 3.79. The third kappa shape index (κ3) is 2.24. The van der Waals surface area contributed by atoms with Gasteiger partial charge in [0, 0.05) is 43.1 Å². The quantitative estimate of drug-likeness (QED) is 0.815. The Morgan fingerprint density at radius 2 is 2.10 bits per heavy atom. The molecular formula is C13H18N6O. The van der Waals surface area contributed by atoms with Gasteiger partial charge in [0.1, 0.15) is 6.33 Å². The van der Waals surface area contributed by atoms with Crippen LogP contribution in [0.15, 0.2) is 6.33 Å². The highest BCUT2D eigenvalue weighted by molar-refractivity contribution is 5.79. The van der Waals surface area contributed by atoms with Crippen molar-refractivity contribution in [2.45, 2.75) is 20.3 Å². The van der Waals surface area contributed by atoms with Crippen molar-refractivity contribution >= 4 is 11.7 Å². The van der Waals surface area contributed by atoms with E-state index in [0.29, 0.717) is 12.2 Å². The summed E-state index contributed by atoms with van der Waals surface area (Å²) in [5.74, 6) is 0.734. The largest absolute Gasteiger partial charge is 0.340 e. The molecule has 0 aliphatic carbocycles. The zero-order chi connectivity index (χ0) is 14.1. The maximum Gasteiger partial charge on any atom is 0.252 e. The number of carbonyl (C=O) groups is 1. The number of piperazine rings is 1. The maximum atomic E-state index is 12.4. The Kier molecular flexibility index (Phi) is 3.35. The standard InChI is InChI=1S/C13H18N6O/c1-9-11(7-12(20)18-5-3-14-4-6-18)10(2)19-13(17-9)15-8-16-19/h8,14H,3-7H2,1-2H3. The monoisotopic (exact) mass is 274 g/mol. The molecule has 3 heterocycles. The minimum Gasteiger partial charge on any atom is -0.340 e. The van der Waals surface area contributed by atoms with Crippen LogP contribution in [0.3, 0.4) is 0 Å². The van der Waals surface area contributed by atoms with Crippen LogP contribution in [0.5, 0.6) is 0 Å². The molecule has 106 valence electrons. The lowest BCUT2D eigenvalue weighted by molar-refractivity contribution is -0.131. The van der Waals surface area contributed by atoms with Gasteiger partial charge >= 0.3 is 0 Å². The van der Waals surface area contributed by atoms with Crippen molar-refractivity contribution in [3.63, 3.8) is 0 Å². The highest BCUT2D eigenvalue weighted by Crippen LogP contribution is 2.14. The van der Waals surface area contributed by atoms with Crippen LogP contribution in [0.25, 0.3) is 5.78 Å². The predicted molar refractivity (Wildman–Crippen MR) is 73.4 cm³/mol. The second kappa shape index (κ2) is 5.16. The lowest BCUT2D eigenvalue weighted by Gasteiger charge is -2.27. The summed E-state index contributed by atoms with van der Waals surface area (Å²) in [5.41, 5.74) is 2.74. The van der Waals surface area contributed by atoms with Crippen molar-refractivity contribution in [3.8, 4) is 0 Å². The molecule has 0 aromatic carbocycles. The Labute approximate surface area is 117 Å². The first-order chi connectivity index (χ1) is 9.66. The van der Waals surface area contributed by atoms with Crippen LogP contribution in [0, 0.1) is 13.8 Å². The lowest BCUT2D eigenvalue weighted by Crippen LogP contribution is -2.47. The van der Waals surface area contributed by atoms with Crippen molar-refractivity contribution in [2.24, 2.45) is 0 Å². The number of fused-ring (bicyclic) bond motifs is 1. The molecule has 2 aromatic heterocycles. The highest BCUT2D eigenvalue weighted by Gasteiger charge is 2.20. The number of aromatic nitrogens is 4. The Morgan fingerprint density at radius 3 is 2.85 bits per heavy atom. The van der Waals surface area contributed by atoms with Crippen LogP contribution in [0.2, 0.25) is 0 Å². The maximum absolute atomic E-state index is 12.4. The van der Waals surface area contributed by atoms with E-state index < -0.39 is 0 Å². The van der Waals surface area contributed by atoms with Gasteiger partial charge in [-0.25, -0.2) is 9.50 Å². The molecule has 1 amide bonds. The van der Waals surface area contributed by atoms with Gasteiger partial charge in [-0.05, 0) is 13.8 Å². The second-order valence-electron chi connectivity index (χ2n) is 5.04. The summed E-state index contributed by atoms with van der Waals surface area (Å²) in [6.45, 7) is 7.15. The molecule has 3 rings (SSSR count). The van der Waals surface area contributed by atoms with Crippen molar-refractivity contribution in [3.05, 3.63) is 23.3 Å². The van der Waals surface area contributed by atoms with Crippen LogP contribution >= 0.6 is 0 Å². The molecule has 1 N–H and O–H groups in total. The van der Waals surface area contributed by atoms with Gasteiger partial charge < -0.3 is 10.2 Å². The summed E-state index contributed by atoms with van der Waals surface area (Å²) in [7, 11) is 0. The number of aryl methyl sites for hydroxylation is 2. The van der Waals surface area contributed by atoms with Crippen molar-refractivity contribution < 1.29 is 4.79 Å². The zero-order valence-corrected chi connectivity index (χ0v) is 11.8. The molecule has 1 fully saturated rings. The number of hydrogen-bond donors (Lipinski definition) is 1. The Bertz CT molecular complexity index is 644. The summed E-state index contributed by atoms with van der Waals surface area (Å²) in [6.07, 6.45) is 1.86. The van der Waals surface area contributed by atoms with E-state index in [1.807, 2.05) is 18.7 Å². The molecule has 1 aliphatic heterocycles. The van der Waals surface area contributed by atoms with Crippen LogP contribution < -0.4 is 5.32 Å². The smallest absolute Gasteiger partial charge is 0.252 e. The first-order valence-corrected chi connectivity index (χ1v) is 6.81. The van der Waals surface area contributed by atoms with Gasteiger partial charge in [-0.2, -0.15) is 10.1 Å². The molecule has 0 atom stereocenters. The summed E-state index contributed by atoms with van der Waals surface area (Å²) >= 11 is 0. The Hall–Kier alpha value is -2.02.